The fourth-order valence-electron chi connectivity index (χ4n) is 3.03. The van der Waals surface area contributed by atoms with Crippen molar-refractivity contribution < 1.29 is 27.9 Å². The van der Waals surface area contributed by atoms with E-state index in [1.807, 2.05) is 13.8 Å². The summed E-state index contributed by atoms with van der Waals surface area (Å²) in [6.07, 6.45) is -0.00419. The normalized spacial score (nSPS) is 21.0. The van der Waals surface area contributed by atoms with E-state index in [0.717, 1.165) is 0 Å². The molecule has 0 radical (unpaired) electrons. The lowest BCUT2D eigenvalue weighted by Crippen LogP contribution is -2.48. The monoisotopic (exact) mass is 398 g/mol. The largest absolute Gasteiger partial charge is 0.481 e. The first-order valence-electron chi connectivity index (χ1n) is 8.84. The lowest BCUT2D eigenvalue weighted by Gasteiger charge is -2.34. The van der Waals surface area contributed by atoms with Gasteiger partial charge in [0.15, 0.2) is 0 Å². The second-order valence-electron chi connectivity index (χ2n) is 6.83. The van der Waals surface area contributed by atoms with Crippen LogP contribution in [-0.4, -0.2) is 73.5 Å². The highest BCUT2D eigenvalue weighted by Gasteiger charge is 2.32. The van der Waals surface area contributed by atoms with Crippen LogP contribution in [0.5, 0.6) is 0 Å². The number of hydrogen-bond acceptors (Lipinski definition) is 5. The number of morpholine rings is 1. The number of sulfonamides is 1. The lowest BCUT2D eigenvalue weighted by molar-refractivity contribution is -0.137. The van der Waals surface area contributed by atoms with Crippen molar-refractivity contribution in [1.29, 1.82) is 0 Å². The van der Waals surface area contributed by atoms with Crippen LogP contribution in [0.3, 0.4) is 0 Å². The predicted molar refractivity (Wildman–Crippen MR) is 99.0 cm³/mol. The number of nitrogens with zero attached hydrogens (tertiary/aromatic N) is 2. The highest BCUT2D eigenvalue weighted by atomic mass is 32.2. The minimum absolute atomic E-state index is 0.00873. The Bertz CT molecular complexity index is 768. The number of ether oxygens (including phenoxy) is 1. The number of carboxylic acid groups (broad SMARTS) is 1. The summed E-state index contributed by atoms with van der Waals surface area (Å²) < 4.78 is 32.6. The predicted octanol–water partition coefficient (Wildman–Crippen LogP) is 1.42. The molecule has 1 aromatic carbocycles. The minimum Gasteiger partial charge on any atom is -0.481 e. The van der Waals surface area contributed by atoms with E-state index in [1.54, 1.807) is 7.05 Å². The molecule has 1 saturated heterocycles. The van der Waals surface area contributed by atoms with Crippen molar-refractivity contribution in [2.75, 3.05) is 26.7 Å². The Balaban J connectivity index is 2.07. The molecular formula is C18H26N2O6S. The molecule has 0 aliphatic carbocycles. The number of hydrogen-bond donors (Lipinski definition) is 1. The van der Waals surface area contributed by atoms with Crippen LogP contribution in [0.2, 0.25) is 0 Å². The van der Waals surface area contributed by atoms with E-state index < -0.39 is 16.0 Å². The van der Waals surface area contributed by atoms with E-state index in [0.29, 0.717) is 31.6 Å². The Morgan fingerprint density at radius 1 is 1.19 bits per heavy atom. The molecule has 0 spiro atoms. The van der Waals surface area contributed by atoms with E-state index >= 15 is 0 Å². The minimum atomic E-state index is -3.65. The Labute approximate surface area is 159 Å². The summed E-state index contributed by atoms with van der Waals surface area (Å²) >= 11 is 0. The molecule has 1 aromatic rings. The van der Waals surface area contributed by atoms with Gasteiger partial charge in [0, 0.05) is 38.7 Å². The third-order valence-electron chi connectivity index (χ3n) is 4.36. The molecule has 27 heavy (non-hydrogen) atoms. The number of carboxylic acids is 1. The fourth-order valence-corrected chi connectivity index (χ4v) is 4.63. The van der Waals surface area contributed by atoms with Gasteiger partial charge >= 0.3 is 5.97 Å². The zero-order valence-electron chi connectivity index (χ0n) is 15.8. The quantitative estimate of drug-likeness (QED) is 0.745. The maximum atomic E-state index is 12.8. The molecule has 1 N–H and O–H groups in total. The first kappa shape index (κ1) is 21.3. The summed E-state index contributed by atoms with van der Waals surface area (Å²) in [6, 6.07) is 5.82. The summed E-state index contributed by atoms with van der Waals surface area (Å²) in [5.41, 5.74) is 0.357. The first-order valence-corrected chi connectivity index (χ1v) is 10.3. The molecular weight excluding hydrogens is 372 g/mol. The standard InChI is InChI=1S/C18H26N2O6S/c1-13-11-20(12-14(2)26-13)27(24,25)16-8-6-15(7-9-16)18(23)19(3)10-4-5-17(21)22/h6-9,13-14H,4-5,10-12H2,1-3H3,(H,21,22). The molecule has 1 aliphatic heterocycles. The number of rotatable bonds is 7. The van der Waals surface area contributed by atoms with Gasteiger partial charge in [-0.1, -0.05) is 0 Å². The fraction of sp³-hybridized carbons (Fsp3) is 0.556. The average molecular weight is 398 g/mol. The zero-order chi connectivity index (χ0) is 20.2. The maximum Gasteiger partial charge on any atom is 0.303 e. The summed E-state index contributed by atoms with van der Waals surface area (Å²) in [7, 11) is -2.06. The Morgan fingerprint density at radius 3 is 2.26 bits per heavy atom. The second-order valence-corrected chi connectivity index (χ2v) is 8.77. The zero-order valence-corrected chi connectivity index (χ0v) is 16.6. The highest BCUT2D eigenvalue weighted by molar-refractivity contribution is 7.89. The van der Waals surface area contributed by atoms with Gasteiger partial charge in [-0.05, 0) is 44.5 Å². The molecule has 1 aliphatic rings. The first-order chi connectivity index (χ1) is 12.6. The topological polar surface area (TPSA) is 104 Å². The summed E-state index contributed by atoms with van der Waals surface area (Å²) in [6.45, 7) is 4.56. The van der Waals surface area contributed by atoms with Gasteiger partial charge < -0.3 is 14.7 Å². The van der Waals surface area contributed by atoms with E-state index in [1.165, 1.54) is 33.5 Å². The van der Waals surface area contributed by atoms with Crippen LogP contribution >= 0.6 is 0 Å². The molecule has 0 saturated carbocycles. The second kappa shape index (κ2) is 8.81. The van der Waals surface area contributed by atoms with E-state index in [2.05, 4.69) is 0 Å². The molecule has 1 amide bonds. The van der Waals surface area contributed by atoms with Crippen molar-refractivity contribution >= 4 is 21.9 Å². The van der Waals surface area contributed by atoms with Gasteiger partial charge in [0.1, 0.15) is 0 Å². The van der Waals surface area contributed by atoms with Gasteiger partial charge in [0.2, 0.25) is 10.0 Å². The van der Waals surface area contributed by atoms with Gasteiger partial charge in [-0.2, -0.15) is 4.31 Å². The number of benzene rings is 1. The summed E-state index contributed by atoms with van der Waals surface area (Å²) in [5, 5.41) is 8.66. The lowest BCUT2D eigenvalue weighted by atomic mass is 10.2. The van der Waals surface area contributed by atoms with E-state index in [4.69, 9.17) is 9.84 Å². The van der Waals surface area contributed by atoms with Crippen molar-refractivity contribution in [3.05, 3.63) is 29.8 Å². The van der Waals surface area contributed by atoms with Crippen LogP contribution in [0, 0.1) is 0 Å². The number of aliphatic carboxylic acids is 1. The third-order valence-corrected chi connectivity index (χ3v) is 6.20. The van der Waals surface area contributed by atoms with Crippen molar-refractivity contribution in [2.45, 2.75) is 43.8 Å². The molecule has 0 aromatic heterocycles. The highest BCUT2D eigenvalue weighted by Crippen LogP contribution is 2.21. The third kappa shape index (κ3) is 5.50. The van der Waals surface area contributed by atoms with Crippen LogP contribution in [-0.2, 0) is 19.6 Å². The van der Waals surface area contributed by atoms with Crippen molar-refractivity contribution in [3.63, 3.8) is 0 Å². The molecule has 150 valence electrons. The Kier molecular flexibility index (Phi) is 6.96. The van der Waals surface area contributed by atoms with Crippen molar-refractivity contribution in [1.82, 2.24) is 9.21 Å². The summed E-state index contributed by atoms with van der Waals surface area (Å²) in [5.74, 6) is -1.19. The molecule has 2 unspecified atom stereocenters. The molecule has 2 rings (SSSR count). The number of carbonyl (C=O) groups excluding carboxylic acids is 1. The molecule has 0 bridgehead atoms. The van der Waals surface area contributed by atoms with Crippen LogP contribution in [0.1, 0.15) is 37.0 Å². The Hall–Kier alpha value is -1.97. The Morgan fingerprint density at radius 2 is 1.74 bits per heavy atom. The van der Waals surface area contributed by atoms with Crippen molar-refractivity contribution in [2.24, 2.45) is 0 Å². The van der Waals surface area contributed by atoms with Crippen LogP contribution in [0.4, 0.5) is 0 Å². The molecule has 9 heteroatoms. The van der Waals surface area contributed by atoms with Gasteiger partial charge in [-0.3, -0.25) is 9.59 Å². The van der Waals surface area contributed by atoms with Gasteiger partial charge in [-0.25, -0.2) is 8.42 Å². The number of carbonyl (C=O) groups is 2. The number of amides is 1. The van der Waals surface area contributed by atoms with Crippen molar-refractivity contribution in [3.8, 4) is 0 Å². The van der Waals surface area contributed by atoms with Gasteiger partial charge in [0.05, 0.1) is 17.1 Å². The smallest absolute Gasteiger partial charge is 0.303 e. The van der Waals surface area contributed by atoms with Gasteiger partial charge in [0.25, 0.3) is 5.91 Å². The molecule has 8 nitrogen and oxygen atoms in total. The van der Waals surface area contributed by atoms with E-state index in [-0.39, 0.29) is 29.4 Å². The maximum absolute atomic E-state index is 12.8. The molecule has 1 heterocycles. The van der Waals surface area contributed by atoms with Crippen LogP contribution < -0.4 is 0 Å². The molecule has 2 atom stereocenters. The van der Waals surface area contributed by atoms with Crippen LogP contribution in [0.25, 0.3) is 0 Å². The molecule has 1 fully saturated rings. The summed E-state index contributed by atoms with van der Waals surface area (Å²) in [4.78, 5) is 24.5. The van der Waals surface area contributed by atoms with Crippen LogP contribution in [0.15, 0.2) is 29.2 Å². The van der Waals surface area contributed by atoms with E-state index in [9.17, 15) is 18.0 Å². The SMILES string of the molecule is CC1CN(S(=O)(=O)c2ccc(C(=O)N(C)CCCC(=O)O)cc2)CC(C)O1. The average Bonchev–Trinajstić information content (AvgIpc) is 2.60. The van der Waals surface area contributed by atoms with Gasteiger partial charge in [-0.15, -0.1) is 0 Å².